The van der Waals surface area contributed by atoms with Gasteiger partial charge in [0.25, 0.3) is 16.0 Å². The molecule has 0 unspecified atom stereocenters. The predicted molar refractivity (Wildman–Crippen MR) is 144 cm³/mol. The van der Waals surface area contributed by atoms with Crippen LogP contribution in [0.2, 0.25) is 10.0 Å². The van der Waals surface area contributed by atoms with Gasteiger partial charge in [0.2, 0.25) is 0 Å². The number of methoxy groups -OCH3 is 1. The summed E-state index contributed by atoms with van der Waals surface area (Å²) in [6.07, 6.45) is 0.191. The number of ether oxygens (including phenoxy) is 1. The van der Waals surface area contributed by atoms with Crippen LogP contribution in [-0.4, -0.2) is 26.0 Å². The van der Waals surface area contributed by atoms with Gasteiger partial charge in [-0.3, -0.25) is 9.35 Å². The minimum atomic E-state index is -4.50. The minimum absolute atomic E-state index is 0. The largest absolute Gasteiger partial charge is 1.00 e. The molecular formula is C26H20Cl2N3NaO6S. The number of carbonyl (C=O) groups excluding carboxylic acids is 1. The molecule has 2 N–H and O–H groups in total. The monoisotopic (exact) mass is 595 g/mol. The first-order chi connectivity index (χ1) is 18.0. The molecule has 0 spiro atoms. The molecule has 0 saturated carbocycles. The Balaban J connectivity index is 0.00000420. The number of nitrogens with one attached hydrogen (secondary N) is 1. The van der Waals surface area contributed by atoms with Crippen molar-refractivity contribution in [1.82, 2.24) is 0 Å². The first kappa shape index (κ1) is 30.8. The maximum Gasteiger partial charge on any atom is 1.00 e. The Morgan fingerprint density at radius 1 is 1.08 bits per heavy atom. The maximum absolute atomic E-state index is 13.4. The van der Waals surface area contributed by atoms with Crippen LogP contribution in [0.4, 0.5) is 17.1 Å². The Bertz CT molecular complexity index is 1710. The van der Waals surface area contributed by atoms with E-state index in [9.17, 15) is 22.9 Å². The van der Waals surface area contributed by atoms with Crippen molar-refractivity contribution in [3.8, 4) is 11.5 Å². The molecule has 0 saturated heterocycles. The minimum Gasteiger partial charge on any atom is -0.870 e. The summed E-state index contributed by atoms with van der Waals surface area (Å²) in [5.41, 5.74) is 0.263. The van der Waals surface area contributed by atoms with E-state index < -0.39 is 21.8 Å². The van der Waals surface area contributed by atoms with Crippen LogP contribution in [0, 0.1) is 0 Å². The molecule has 0 radical (unpaired) electrons. The van der Waals surface area contributed by atoms with E-state index in [0.29, 0.717) is 27.2 Å². The summed E-state index contributed by atoms with van der Waals surface area (Å²) in [5, 5.41) is 25.7. The molecule has 13 heteroatoms. The van der Waals surface area contributed by atoms with Crippen molar-refractivity contribution in [2.75, 3.05) is 12.4 Å². The number of hydrogen-bond acceptors (Lipinski definition) is 7. The Morgan fingerprint density at radius 2 is 1.79 bits per heavy atom. The van der Waals surface area contributed by atoms with Crippen molar-refractivity contribution in [2.45, 2.75) is 18.2 Å². The third-order valence-corrected chi connectivity index (χ3v) is 7.30. The van der Waals surface area contributed by atoms with Crippen LogP contribution >= 0.6 is 23.2 Å². The van der Waals surface area contributed by atoms with Gasteiger partial charge in [-0.2, -0.15) is 13.5 Å². The Kier molecular flexibility index (Phi) is 10.0. The number of carbonyl (C=O) groups is 1. The number of benzene rings is 4. The van der Waals surface area contributed by atoms with Crippen molar-refractivity contribution in [2.24, 2.45) is 10.2 Å². The van der Waals surface area contributed by atoms with E-state index in [4.69, 9.17) is 27.9 Å². The third kappa shape index (κ3) is 6.55. The van der Waals surface area contributed by atoms with Crippen LogP contribution in [-0.2, 0) is 16.5 Å². The van der Waals surface area contributed by atoms with Crippen LogP contribution in [0.15, 0.2) is 75.8 Å². The van der Waals surface area contributed by atoms with E-state index in [1.807, 2.05) is 0 Å². The number of fused-ring (bicyclic) bond motifs is 1. The smallest absolute Gasteiger partial charge is 0.870 e. The van der Waals surface area contributed by atoms with Crippen LogP contribution in [0.3, 0.4) is 0 Å². The fourth-order valence-corrected chi connectivity index (χ4v) is 5.23. The van der Waals surface area contributed by atoms with Crippen LogP contribution in [0.25, 0.3) is 10.8 Å². The van der Waals surface area contributed by atoms with Gasteiger partial charge in [-0.25, -0.2) is 0 Å². The maximum atomic E-state index is 13.4. The van der Waals surface area contributed by atoms with E-state index in [0.717, 1.165) is 6.07 Å². The Morgan fingerprint density at radius 3 is 2.46 bits per heavy atom. The number of nitrogens with zero attached hydrogens (tertiary/aromatic N) is 2. The molecule has 0 bridgehead atoms. The molecule has 9 nitrogen and oxygen atoms in total. The summed E-state index contributed by atoms with van der Waals surface area (Å²) in [5.74, 6) is -1.06. The van der Waals surface area contributed by atoms with Crippen molar-refractivity contribution in [3.63, 3.8) is 0 Å². The molecule has 0 aliphatic carbocycles. The number of amides is 1. The standard InChI is InChI=1S/C26H21Cl2N3O6S.Na/c1-3-16-22(38(34,35)36)11-10-20(23(16)28)30-31-24-17-7-5-4-6-14(17)12-18(25(24)32)26(33)29-19-9-8-15(27)13-21(19)37-2;/h4-13,32H,3H2,1-2H3,(H,29,33)(H,34,35,36);/q;+1/p-1. The van der Waals surface area contributed by atoms with Gasteiger partial charge in [0, 0.05) is 22.0 Å². The van der Waals surface area contributed by atoms with Crippen molar-refractivity contribution < 1.29 is 57.2 Å². The summed E-state index contributed by atoms with van der Waals surface area (Å²) < 4.78 is 38.1. The molecule has 0 aromatic heterocycles. The summed E-state index contributed by atoms with van der Waals surface area (Å²) in [4.78, 5) is 12.8. The van der Waals surface area contributed by atoms with Gasteiger partial charge in [-0.05, 0) is 47.7 Å². The summed E-state index contributed by atoms with van der Waals surface area (Å²) in [6, 6.07) is 15.4. The molecule has 196 valence electrons. The van der Waals surface area contributed by atoms with Crippen molar-refractivity contribution >= 4 is 67.1 Å². The third-order valence-electron chi connectivity index (χ3n) is 5.70. The topological polar surface area (TPSA) is 140 Å². The number of azo groups is 1. The molecule has 4 aromatic rings. The summed E-state index contributed by atoms with van der Waals surface area (Å²) in [6.45, 7) is 1.66. The summed E-state index contributed by atoms with van der Waals surface area (Å²) in [7, 11) is -3.08. The zero-order chi connectivity index (χ0) is 27.6. The van der Waals surface area contributed by atoms with Crippen molar-refractivity contribution in [3.05, 3.63) is 81.8 Å². The van der Waals surface area contributed by atoms with E-state index in [2.05, 4.69) is 15.5 Å². The zero-order valence-electron chi connectivity index (χ0n) is 21.0. The number of hydrogen-bond donors (Lipinski definition) is 2. The van der Waals surface area contributed by atoms with Gasteiger partial charge in [0.1, 0.15) is 11.4 Å². The second-order valence-electron chi connectivity index (χ2n) is 8.03. The zero-order valence-corrected chi connectivity index (χ0v) is 25.4. The van der Waals surface area contributed by atoms with Gasteiger partial charge in [-0.1, -0.05) is 60.1 Å². The van der Waals surface area contributed by atoms with Gasteiger partial charge in [0.15, 0.2) is 0 Å². The van der Waals surface area contributed by atoms with Gasteiger partial charge >= 0.3 is 29.6 Å². The number of rotatable bonds is 7. The van der Waals surface area contributed by atoms with Gasteiger partial charge in [0.05, 0.1) is 28.4 Å². The molecule has 4 aromatic carbocycles. The van der Waals surface area contributed by atoms with E-state index in [-0.39, 0.29) is 68.4 Å². The van der Waals surface area contributed by atoms with Crippen LogP contribution in [0.1, 0.15) is 22.8 Å². The first-order valence-corrected chi connectivity index (χ1v) is 13.3. The average molecular weight is 596 g/mol. The second-order valence-corrected chi connectivity index (χ2v) is 10.2. The first-order valence-electron chi connectivity index (χ1n) is 11.1. The molecular weight excluding hydrogens is 576 g/mol. The molecule has 0 aliphatic heterocycles. The van der Waals surface area contributed by atoms with E-state index in [1.54, 1.807) is 43.3 Å². The number of halogens is 2. The molecule has 0 heterocycles. The van der Waals surface area contributed by atoms with Gasteiger partial charge in [-0.15, -0.1) is 5.11 Å². The van der Waals surface area contributed by atoms with E-state index >= 15 is 0 Å². The SMILES string of the molecule is CCc1c(S(=O)(=O)O)ccc(N=Nc2c([O-])c(C(=O)Nc3ccc(Cl)cc3OC)cc3ccccc23)c1Cl.[Na+]. The summed E-state index contributed by atoms with van der Waals surface area (Å²) >= 11 is 12.4. The molecule has 0 fully saturated rings. The predicted octanol–water partition coefficient (Wildman–Crippen LogP) is 3.71. The van der Waals surface area contributed by atoms with E-state index in [1.165, 1.54) is 25.3 Å². The quantitative estimate of drug-likeness (QED) is 0.189. The molecule has 0 aliphatic rings. The van der Waals surface area contributed by atoms with Gasteiger partial charge < -0.3 is 15.2 Å². The molecule has 1 amide bonds. The second kappa shape index (κ2) is 12.6. The fourth-order valence-electron chi connectivity index (χ4n) is 3.88. The number of anilines is 1. The Labute approximate surface area is 256 Å². The Hall–Kier alpha value is -2.70. The molecule has 39 heavy (non-hydrogen) atoms. The molecule has 4 rings (SSSR count). The van der Waals surface area contributed by atoms with Crippen LogP contribution in [0.5, 0.6) is 11.5 Å². The fraction of sp³-hybridized carbons (Fsp3) is 0.115. The average Bonchev–Trinajstić information content (AvgIpc) is 2.88. The van der Waals surface area contributed by atoms with Crippen LogP contribution < -0.4 is 44.7 Å². The normalized spacial score (nSPS) is 11.4. The molecule has 0 atom stereocenters. The van der Waals surface area contributed by atoms with Crippen molar-refractivity contribution in [1.29, 1.82) is 0 Å².